The quantitative estimate of drug-likeness (QED) is 0.759. The second-order valence-electron chi connectivity index (χ2n) is 4.61. The zero-order valence-electron chi connectivity index (χ0n) is 11.5. The van der Waals surface area contributed by atoms with E-state index >= 15 is 0 Å². The molecule has 3 aromatic rings. The summed E-state index contributed by atoms with van der Waals surface area (Å²) in [5.41, 5.74) is -0.549. The summed E-state index contributed by atoms with van der Waals surface area (Å²) in [6, 6.07) is 3.89. The summed E-state index contributed by atoms with van der Waals surface area (Å²) in [6.07, 6.45) is -3.67. The predicted octanol–water partition coefficient (Wildman–Crippen LogP) is 2.68. The van der Waals surface area contributed by atoms with Crippen molar-refractivity contribution in [3.63, 3.8) is 0 Å². The van der Waals surface area contributed by atoms with Crippen LogP contribution in [-0.2, 0) is 16.2 Å². The Hall–Kier alpha value is -2.56. The lowest BCUT2D eigenvalue weighted by atomic mass is 10.3. The van der Waals surface area contributed by atoms with Crippen LogP contribution in [0.25, 0.3) is 11.1 Å². The molecule has 1 aromatic carbocycles. The van der Waals surface area contributed by atoms with E-state index in [-0.39, 0.29) is 21.8 Å². The lowest BCUT2D eigenvalue weighted by Crippen LogP contribution is -2.13. The fourth-order valence-corrected chi connectivity index (χ4v) is 2.92. The van der Waals surface area contributed by atoms with Crippen molar-refractivity contribution in [1.29, 1.82) is 0 Å². The molecule has 0 spiro atoms. The molecule has 0 aliphatic rings. The second-order valence-corrected chi connectivity index (χ2v) is 6.26. The van der Waals surface area contributed by atoms with Crippen LogP contribution < -0.4 is 4.72 Å². The van der Waals surface area contributed by atoms with Crippen molar-refractivity contribution in [2.45, 2.75) is 18.1 Å². The topological polar surface area (TPSA) is 101 Å². The molecule has 2 aromatic heterocycles. The molecule has 0 bridgehead atoms. The Labute approximate surface area is 127 Å². The van der Waals surface area contributed by atoms with E-state index in [0.29, 0.717) is 5.82 Å². The molecule has 0 saturated carbocycles. The van der Waals surface area contributed by atoms with Crippen LogP contribution in [0.2, 0.25) is 0 Å². The van der Waals surface area contributed by atoms with Gasteiger partial charge in [0.05, 0.1) is 11.9 Å². The zero-order valence-corrected chi connectivity index (χ0v) is 12.3. The summed E-state index contributed by atoms with van der Waals surface area (Å²) in [5.74, 6) is -1.07. The first-order valence-electron chi connectivity index (χ1n) is 6.18. The SMILES string of the molecule is Cc1ncc(S(=O)(=O)Nc2cccc3oc(C(F)(F)F)nc23)[nH]1. The normalized spacial score (nSPS) is 12.7. The van der Waals surface area contributed by atoms with E-state index in [4.69, 9.17) is 0 Å². The van der Waals surface area contributed by atoms with Gasteiger partial charge < -0.3 is 9.40 Å². The molecule has 11 heteroatoms. The largest absolute Gasteiger partial charge is 0.468 e. The highest BCUT2D eigenvalue weighted by atomic mass is 32.2. The maximum atomic E-state index is 12.7. The van der Waals surface area contributed by atoms with Crippen molar-refractivity contribution in [1.82, 2.24) is 15.0 Å². The Bertz CT molecular complexity index is 975. The van der Waals surface area contributed by atoms with Crippen molar-refractivity contribution in [3.8, 4) is 0 Å². The molecule has 2 N–H and O–H groups in total. The number of sulfonamides is 1. The number of nitrogens with zero attached hydrogens (tertiary/aromatic N) is 2. The van der Waals surface area contributed by atoms with Crippen molar-refractivity contribution >= 4 is 26.8 Å². The number of halogens is 3. The predicted molar refractivity (Wildman–Crippen MR) is 73.1 cm³/mol. The first kappa shape index (κ1) is 15.3. The third-order valence-electron chi connectivity index (χ3n) is 2.87. The molecule has 122 valence electrons. The van der Waals surface area contributed by atoms with Gasteiger partial charge in [-0.1, -0.05) is 6.07 Å². The summed E-state index contributed by atoms with van der Waals surface area (Å²) in [6.45, 7) is 1.56. The molecule has 7 nitrogen and oxygen atoms in total. The number of aromatic nitrogens is 3. The Morgan fingerprint density at radius 1 is 1.30 bits per heavy atom. The van der Waals surface area contributed by atoms with Crippen LogP contribution in [0.4, 0.5) is 18.9 Å². The Balaban J connectivity index is 2.05. The molecule has 0 radical (unpaired) electrons. The standard InChI is InChI=1S/C12H9F3N4O3S/c1-6-16-5-9(17-6)23(20,21)19-7-3-2-4-8-10(7)18-11(22-8)12(13,14)15/h2-5,19H,1H3,(H,16,17). The first-order chi connectivity index (χ1) is 10.7. The summed E-state index contributed by atoms with van der Waals surface area (Å²) >= 11 is 0. The smallest absolute Gasteiger partial charge is 0.433 e. The first-order valence-corrected chi connectivity index (χ1v) is 7.66. The number of aromatic amines is 1. The third kappa shape index (κ3) is 2.86. The van der Waals surface area contributed by atoms with Gasteiger partial charge in [0.25, 0.3) is 10.0 Å². The number of anilines is 1. The van der Waals surface area contributed by atoms with Crippen molar-refractivity contribution < 1.29 is 26.0 Å². The minimum Gasteiger partial charge on any atom is -0.433 e. The van der Waals surface area contributed by atoms with Crippen molar-refractivity contribution in [2.75, 3.05) is 4.72 Å². The van der Waals surface area contributed by atoms with Crippen LogP contribution >= 0.6 is 0 Å². The van der Waals surface area contributed by atoms with Gasteiger partial charge in [-0.3, -0.25) is 4.72 Å². The molecule has 0 aliphatic heterocycles. The Morgan fingerprint density at radius 2 is 2.04 bits per heavy atom. The monoisotopic (exact) mass is 346 g/mol. The van der Waals surface area contributed by atoms with Crippen LogP contribution in [0, 0.1) is 6.92 Å². The van der Waals surface area contributed by atoms with E-state index in [1.165, 1.54) is 18.2 Å². The Morgan fingerprint density at radius 3 is 2.65 bits per heavy atom. The molecule has 0 unspecified atom stereocenters. The van der Waals surface area contributed by atoms with Gasteiger partial charge >= 0.3 is 12.1 Å². The molecule has 0 aliphatic carbocycles. The van der Waals surface area contributed by atoms with Crippen LogP contribution in [0.3, 0.4) is 0 Å². The maximum absolute atomic E-state index is 12.7. The van der Waals surface area contributed by atoms with Gasteiger partial charge in [0.2, 0.25) is 0 Å². The minimum absolute atomic E-state index is 0.131. The number of rotatable bonds is 3. The fourth-order valence-electron chi connectivity index (χ4n) is 1.89. The number of fused-ring (bicyclic) bond motifs is 1. The molecule has 0 fully saturated rings. The highest BCUT2D eigenvalue weighted by molar-refractivity contribution is 7.92. The van der Waals surface area contributed by atoms with E-state index in [2.05, 4.69) is 24.1 Å². The van der Waals surface area contributed by atoms with Gasteiger partial charge in [0, 0.05) is 0 Å². The van der Waals surface area contributed by atoms with Crippen molar-refractivity contribution in [2.24, 2.45) is 0 Å². The van der Waals surface area contributed by atoms with Gasteiger partial charge in [-0.2, -0.15) is 21.6 Å². The van der Waals surface area contributed by atoms with Crippen LogP contribution in [0.1, 0.15) is 11.7 Å². The summed E-state index contributed by atoms with van der Waals surface area (Å²) in [5, 5.41) is -0.216. The number of imidazole rings is 1. The summed E-state index contributed by atoms with van der Waals surface area (Å²) in [4.78, 5) is 9.62. The molecular weight excluding hydrogens is 337 g/mol. The van der Waals surface area contributed by atoms with Gasteiger partial charge in [-0.05, 0) is 19.1 Å². The van der Waals surface area contributed by atoms with Gasteiger partial charge in [0.1, 0.15) is 11.3 Å². The number of oxazole rings is 1. The average Bonchev–Trinajstić information content (AvgIpc) is 3.04. The maximum Gasteiger partial charge on any atom is 0.468 e. The van der Waals surface area contributed by atoms with Crippen LogP contribution in [-0.4, -0.2) is 23.4 Å². The van der Waals surface area contributed by atoms with Crippen LogP contribution in [0.15, 0.2) is 33.8 Å². The van der Waals surface area contributed by atoms with E-state index in [9.17, 15) is 21.6 Å². The lowest BCUT2D eigenvalue weighted by molar-refractivity contribution is -0.156. The molecule has 0 atom stereocenters. The summed E-state index contributed by atoms with van der Waals surface area (Å²) in [7, 11) is -4.04. The van der Waals surface area contributed by atoms with E-state index in [1.807, 2.05) is 0 Å². The lowest BCUT2D eigenvalue weighted by Gasteiger charge is -2.06. The van der Waals surface area contributed by atoms with Gasteiger partial charge in [0.15, 0.2) is 10.6 Å². The van der Waals surface area contributed by atoms with Crippen molar-refractivity contribution in [3.05, 3.63) is 36.1 Å². The number of hydrogen-bond acceptors (Lipinski definition) is 5. The fraction of sp³-hybridized carbons (Fsp3) is 0.167. The number of nitrogens with one attached hydrogen (secondary N) is 2. The number of benzene rings is 1. The highest BCUT2D eigenvalue weighted by Crippen LogP contribution is 2.33. The second kappa shape index (κ2) is 4.98. The van der Waals surface area contributed by atoms with Gasteiger partial charge in [-0.25, -0.2) is 9.97 Å². The van der Waals surface area contributed by atoms with E-state index in [1.54, 1.807) is 6.92 Å². The molecular formula is C12H9F3N4O3S. The molecule has 23 heavy (non-hydrogen) atoms. The number of H-pyrrole nitrogens is 1. The molecule has 3 rings (SSSR count). The molecule has 2 heterocycles. The highest BCUT2D eigenvalue weighted by Gasteiger charge is 2.38. The Kier molecular flexibility index (Phi) is 3.32. The average molecular weight is 346 g/mol. The zero-order chi connectivity index (χ0) is 16.8. The van der Waals surface area contributed by atoms with E-state index < -0.39 is 22.1 Å². The third-order valence-corrected chi connectivity index (χ3v) is 4.15. The number of aryl methyl sites for hydroxylation is 1. The minimum atomic E-state index is -4.77. The molecule has 0 saturated heterocycles. The van der Waals surface area contributed by atoms with Gasteiger partial charge in [-0.15, -0.1) is 0 Å². The number of hydrogen-bond donors (Lipinski definition) is 2. The van der Waals surface area contributed by atoms with E-state index in [0.717, 1.165) is 6.20 Å². The number of para-hydroxylation sites is 1. The van der Waals surface area contributed by atoms with Crippen LogP contribution in [0.5, 0.6) is 0 Å². The number of alkyl halides is 3. The summed E-state index contributed by atoms with van der Waals surface area (Å²) < 4.78 is 69.1. The molecule has 0 amide bonds.